The van der Waals surface area contributed by atoms with Gasteiger partial charge in [-0.15, -0.1) is 0 Å². The van der Waals surface area contributed by atoms with Crippen molar-refractivity contribution in [2.45, 2.75) is 31.3 Å². The SMILES string of the molecule is COc1cc2c(cc1OCc1ccccc1)C(C1(c3ccccc3OC)CC1)=NCC2. The van der Waals surface area contributed by atoms with E-state index in [1.807, 2.05) is 30.3 Å². The molecule has 0 N–H and O–H groups in total. The summed E-state index contributed by atoms with van der Waals surface area (Å²) in [7, 11) is 3.44. The van der Waals surface area contributed by atoms with Crippen molar-refractivity contribution in [2.75, 3.05) is 20.8 Å². The minimum atomic E-state index is -0.0763. The van der Waals surface area contributed by atoms with Gasteiger partial charge in [-0.1, -0.05) is 48.5 Å². The molecule has 4 nitrogen and oxygen atoms in total. The van der Waals surface area contributed by atoms with E-state index in [2.05, 4.69) is 36.4 Å². The van der Waals surface area contributed by atoms with Crippen LogP contribution in [-0.4, -0.2) is 26.5 Å². The number of para-hydroxylation sites is 1. The Morgan fingerprint density at radius 3 is 2.32 bits per heavy atom. The van der Waals surface area contributed by atoms with Crippen molar-refractivity contribution >= 4 is 5.71 Å². The predicted octanol–water partition coefficient (Wildman–Crippen LogP) is 5.36. The zero-order valence-electron chi connectivity index (χ0n) is 18.1. The Hall–Kier alpha value is -3.27. The van der Waals surface area contributed by atoms with Gasteiger partial charge in [0.15, 0.2) is 11.5 Å². The van der Waals surface area contributed by atoms with Crippen LogP contribution in [0.15, 0.2) is 71.7 Å². The number of aliphatic imine (C=N–C) groups is 1. The molecule has 1 aliphatic carbocycles. The standard InChI is InChI=1S/C27H27NO3/c1-29-23-11-7-6-10-22(23)27(13-14-27)26-21-17-25(31-18-19-8-4-3-5-9-19)24(30-2)16-20(21)12-15-28-26/h3-11,16-17H,12-15,18H2,1-2H3. The summed E-state index contributed by atoms with van der Waals surface area (Å²) < 4.78 is 17.6. The lowest BCUT2D eigenvalue weighted by molar-refractivity contribution is 0.284. The summed E-state index contributed by atoms with van der Waals surface area (Å²) in [5.41, 5.74) is 5.89. The fraction of sp³-hybridized carbons (Fsp3) is 0.296. The summed E-state index contributed by atoms with van der Waals surface area (Å²) in [5, 5.41) is 0. The van der Waals surface area contributed by atoms with E-state index in [1.54, 1.807) is 14.2 Å². The summed E-state index contributed by atoms with van der Waals surface area (Å²) in [6, 6.07) is 22.8. The molecule has 0 atom stereocenters. The average molecular weight is 414 g/mol. The van der Waals surface area contributed by atoms with Crippen molar-refractivity contribution in [2.24, 2.45) is 4.99 Å². The Labute approximate surface area is 183 Å². The predicted molar refractivity (Wildman–Crippen MR) is 123 cm³/mol. The number of methoxy groups -OCH3 is 2. The number of nitrogens with zero attached hydrogens (tertiary/aromatic N) is 1. The lowest BCUT2D eigenvalue weighted by atomic mass is 9.82. The zero-order chi connectivity index (χ0) is 21.3. The molecular formula is C27H27NO3. The number of benzene rings is 3. The smallest absolute Gasteiger partial charge is 0.162 e. The molecule has 158 valence electrons. The van der Waals surface area contributed by atoms with Gasteiger partial charge < -0.3 is 14.2 Å². The Balaban J connectivity index is 1.53. The lowest BCUT2D eigenvalue weighted by Gasteiger charge is -2.27. The fourth-order valence-electron chi connectivity index (χ4n) is 4.62. The molecule has 2 aliphatic rings. The van der Waals surface area contributed by atoms with Gasteiger partial charge in [0.2, 0.25) is 0 Å². The van der Waals surface area contributed by atoms with Gasteiger partial charge in [0.1, 0.15) is 12.4 Å². The summed E-state index contributed by atoms with van der Waals surface area (Å²) in [6.45, 7) is 1.30. The molecule has 0 saturated heterocycles. The van der Waals surface area contributed by atoms with Crippen LogP contribution in [-0.2, 0) is 18.4 Å². The van der Waals surface area contributed by atoms with Gasteiger partial charge in [-0.05, 0) is 48.6 Å². The molecule has 0 aromatic heterocycles. The van der Waals surface area contributed by atoms with Crippen LogP contribution in [0.25, 0.3) is 0 Å². The number of ether oxygens (including phenoxy) is 3. The van der Waals surface area contributed by atoms with Crippen molar-refractivity contribution in [3.05, 3.63) is 89.0 Å². The van der Waals surface area contributed by atoms with E-state index in [0.717, 1.165) is 54.3 Å². The number of fused-ring (bicyclic) bond motifs is 1. The van der Waals surface area contributed by atoms with E-state index in [9.17, 15) is 0 Å². The summed E-state index contributed by atoms with van der Waals surface area (Å²) in [6.07, 6.45) is 3.08. The summed E-state index contributed by atoms with van der Waals surface area (Å²) in [5.74, 6) is 2.47. The van der Waals surface area contributed by atoms with Gasteiger partial charge >= 0.3 is 0 Å². The zero-order valence-corrected chi connectivity index (χ0v) is 18.1. The molecule has 5 rings (SSSR count). The van der Waals surface area contributed by atoms with Crippen LogP contribution < -0.4 is 14.2 Å². The van der Waals surface area contributed by atoms with Gasteiger partial charge in [-0.3, -0.25) is 4.99 Å². The maximum atomic E-state index is 6.21. The monoisotopic (exact) mass is 413 g/mol. The van der Waals surface area contributed by atoms with Crippen LogP contribution in [0.4, 0.5) is 0 Å². The molecule has 3 aromatic carbocycles. The molecule has 1 fully saturated rings. The third-order valence-corrected chi connectivity index (χ3v) is 6.36. The van der Waals surface area contributed by atoms with E-state index in [0.29, 0.717) is 6.61 Å². The van der Waals surface area contributed by atoms with E-state index >= 15 is 0 Å². The number of rotatable bonds is 7. The van der Waals surface area contributed by atoms with Crippen LogP contribution in [0.2, 0.25) is 0 Å². The molecule has 1 heterocycles. The summed E-state index contributed by atoms with van der Waals surface area (Å²) >= 11 is 0. The Morgan fingerprint density at radius 1 is 0.839 bits per heavy atom. The number of hydrogen-bond acceptors (Lipinski definition) is 4. The average Bonchev–Trinajstić information content (AvgIpc) is 3.64. The molecule has 4 heteroatoms. The topological polar surface area (TPSA) is 40.0 Å². The maximum absolute atomic E-state index is 6.21. The largest absolute Gasteiger partial charge is 0.496 e. The van der Waals surface area contributed by atoms with E-state index < -0.39 is 0 Å². The quantitative estimate of drug-likeness (QED) is 0.523. The van der Waals surface area contributed by atoms with Gasteiger partial charge in [-0.25, -0.2) is 0 Å². The van der Waals surface area contributed by atoms with Crippen molar-refractivity contribution in [3.63, 3.8) is 0 Å². The third kappa shape index (κ3) is 3.56. The van der Waals surface area contributed by atoms with E-state index in [-0.39, 0.29) is 5.41 Å². The van der Waals surface area contributed by atoms with Gasteiger partial charge in [0.25, 0.3) is 0 Å². The summed E-state index contributed by atoms with van der Waals surface area (Å²) in [4.78, 5) is 5.04. The van der Waals surface area contributed by atoms with Gasteiger partial charge in [0.05, 0.1) is 19.9 Å². The van der Waals surface area contributed by atoms with Crippen molar-refractivity contribution < 1.29 is 14.2 Å². The van der Waals surface area contributed by atoms with E-state index in [1.165, 1.54) is 16.7 Å². The first kappa shape index (κ1) is 19.7. The molecule has 1 saturated carbocycles. The molecular weight excluding hydrogens is 386 g/mol. The van der Waals surface area contributed by atoms with Crippen LogP contribution in [0, 0.1) is 0 Å². The normalized spacial score (nSPS) is 16.1. The first-order valence-electron chi connectivity index (χ1n) is 10.8. The first-order valence-corrected chi connectivity index (χ1v) is 10.8. The number of hydrogen-bond donors (Lipinski definition) is 0. The second-order valence-electron chi connectivity index (χ2n) is 8.20. The molecule has 3 aromatic rings. The second-order valence-corrected chi connectivity index (χ2v) is 8.20. The van der Waals surface area contributed by atoms with Crippen molar-refractivity contribution in [1.82, 2.24) is 0 Å². The highest BCUT2D eigenvalue weighted by atomic mass is 16.5. The highest BCUT2D eigenvalue weighted by molar-refractivity contribution is 6.12. The molecule has 0 unspecified atom stereocenters. The highest BCUT2D eigenvalue weighted by Crippen LogP contribution is 2.55. The van der Waals surface area contributed by atoms with Crippen LogP contribution in [0.3, 0.4) is 0 Å². The van der Waals surface area contributed by atoms with Crippen molar-refractivity contribution in [3.8, 4) is 17.2 Å². The molecule has 0 amide bonds. The van der Waals surface area contributed by atoms with E-state index in [4.69, 9.17) is 19.2 Å². The molecule has 0 bridgehead atoms. The van der Waals surface area contributed by atoms with Crippen LogP contribution in [0.1, 0.15) is 35.1 Å². The maximum Gasteiger partial charge on any atom is 0.162 e. The minimum Gasteiger partial charge on any atom is -0.496 e. The third-order valence-electron chi connectivity index (χ3n) is 6.36. The lowest BCUT2D eigenvalue weighted by Crippen LogP contribution is -2.27. The molecule has 0 spiro atoms. The molecule has 31 heavy (non-hydrogen) atoms. The first-order chi connectivity index (χ1) is 15.2. The second kappa shape index (κ2) is 8.10. The molecule has 0 radical (unpaired) electrons. The van der Waals surface area contributed by atoms with Gasteiger partial charge in [-0.2, -0.15) is 0 Å². The van der Waals surface area contributed by atoms with Gasteiger partial charge in [0, 0.05) is 23.1 Å². The molecule has 1 aliphatic heterocycles. The fourth-order valence-corrected chi connectivity index (χ4v) is 4.62. The Morgan fingerprint density at radius 2 is 1.58 bits per heavy atom. The van der Waals surface area contributed by atoms with Crippen molar-refractivity contribution in [1.29, 1.82) is 0 Å². The Bertz CT molecular complexity index is 1120. The van der Waals surface area contributed by atoms with Crippen LogP contribution >= 0.6 is 0 Å². The minimum absolute atomic E-state index is 0.0763. The highest BCUT2D eigenvalue weighted by Gasteiger charge is 2.51. The Kier molecular flexibility index (Phi) is 5.14. The van der Waals surface area contributed by atoms with Crippen LogP contribution in [0.5, 0.6) is 17.2 Å².